The van der Waals surface area contributed by atoms with Gasteiger partial charge in [0, 0.05) is 15.8 Å². The van der Waals surface area contributed by atoms with Crippen molar-refractivity contribution in [2.24, 2.45) is 0 Å². The lowest BCUT2D eigenvalue weighted by Gasteiger charge is -2.16. The average molecular weight is 314 g/mol. The molecular weight excluding hydrogens is 297 g/mol. The van der Waals surface area contributed by atoms with Gasteiger partial charge < -0.3 is 5.32 Å². The number of hydrogen-bond acceptors (Lipinski definition) is 2. The first kappa shape index (κ1) is 14.9. The van der Waals surface area contributed by atoms with Crippen LogP contribution >= 0.6 is 34.5 Å². The molecule has 0 radical (unpaired) electrons. The second-order valence-corrected chi connectivity index (χ2v) is 6.80. The standard InChI is InChI=1S/C15H17Cl2NS/c1-9-6-10(2)19-15(9)14(18-3)8-11-4-5-12(16)13(17)7-11/h4-7,14,18H,8H2,1-3H3. The number of benzene rings is 1. The third-order valence-corrected chi connectivity index (χ3v) is 5.17. The van der Waals surface area contributed by atoms with E-state index in [1.54, 1.807) is 0 Å². The molecule has 0 saturated heterocycles. The molecule has 0 aliphatic heterocycles. The Labute approximate surface area is 128 Å². The smallest absolute Gasteiger partial charge is 0.0595 e. The highest BCUT2D eigenvalue weighted by atomic mass is 35.5. The zero-order valence-corrected chi connectivity index (χ0v) is 13.6. The normalized spacial score (nSPS) is 12.7. The summed E-state index contributed by atoms with van der Waals surface area (Å²) >= 11 is 13.9. The van der Waals surface area contributed by atoms with Crippen LogP contribution in [0.2, 0.25) is 10.0 Å². The van der Waals surface area contributed by atoms with E-state index in [2.05, 4.69) is 25.2 Å². The molecule has 1 atom stereocenters. The Bertz CT molecular complexity index is 578. The van der Waals surface area contributed by atoms with E-state index >= 15 is 0 Å². The summed E-state index contributed by atoms with van der Waals surface area (Å²) in [6.45, 7) is 4.31. The maximum absolute atomic E-state index is 6.07. The van der Waals surface area contributed by atoms with Crippen LogP contribution in [0.25, 0.3) is 0 Å². The third-order valence-electron chi connectivity index (χ3n) is 3.17. The van der Waals surface area contributed by atoms with Gasteiger partial charge in [0.1, 0.15) is 0 Å². The fraction of sp³-hybridized carbons (Fsp3) is 0.333. The van der Waals surface area contributed by atoms with Crippen LogP contribution in [0.4, 0.5) is 0 Å². The molecule has 19 heavy (non-hydrogen) atoms. The minimum Gasteiger partial charge on any atom is -0.312 e. The van der Waals surface area contributed by atoms with Crippen molar-refractivity contribution in [2.45, 2.75) is 26.3 Å². The van der Waals surface area contributed by atoms with Crippen molar-refractivity contribution in [1.82, 2.24) is 5.32 Å². The summed E-state index contributed by atoms with van der Waals surface area (Å²) in [4.78, 5) is 2.74. The molecule has 0 spiro atoms. The van der Waals surface area contributed by atoms with E-state index in [4.69, 9.17) is 23.2 Å². The van der Waals surface area contributed by atoms with Crippen molar-refractivity contribution in [2.75, 3.05) is 7.05 Å². The number of nitrogens with one attached hydrogen (secondary N) is 1. The van der Waals surface area contributed by atoms with Crippen molar-refractivity contribution >= 4 is 34.5 Å². The summed E-state index contributed by atoms with van der Waals surface area (Å²) < 4.78 is 0. The van der Waals surface area contributed by atoms with Gasteiger partial charge in [0.15, 0.2) is 0 Å². The molecule has 4 heteroatoms. The maximum Gasteiger partial charge on any atom is 0.0595 e. The summed E-state index contributed by atoms with van der Waals surface area (Å²) in [6.07, 6.45) is 0.911. The maximum atomic E-state index is 6.07. The number of hydrogen-bond donors (Lipinski definition) is 1. The van der Waals surface area contributed by atoms with Gasteiger partial charge in [0.05, 0.1) is 10.0 Å². The Morgan fingerprint density at radius 3 is 2.42 bits per heavy atom. The highest BCUT2D eigenvalue weighted by Gasteiger charge is 2.15. The van der Waals surface area contributed by atoms with Crippen LogP contribution in [0, 0.1) is 13.8 Å². The summed E-state index contributed by atoms with van der Waals surface area (Å²) in [5.74, 6) is 0. The predicted molar refractivity (Wildman–Crippen MR) is 85.8 cm³/mol. The molecule has 1 heterocycles. The molecular formula is C15H17Cl2NS. The van der Waals surface area contributed by atoms with Crippen LogP contribution in [-0.4, -0.2) is 7.05 Å². The number of likely N-dealkylation sites (N-methyl/N-ethyl adjacent to an activating group) is 1. The first-order valence-corrected chi connectivity index (χ1v) is 7.76. The van der Waals surface area contributed by atoms with Gasteiger partial charge in [-0.25, -0.2) is 0 Å². The molecule has 0 fully saturated rings. The summed E-state index contributed by atoms with van der Waals surface area (Å²) in [5.41, 5.74) is 2.54. The van der Waals surface area contributed by atoms with E-state index in [1.807, 2.05) is 36.6 Å². The Morgan fingerprint density at radius 1 is 1.16 bits per heavy atom. The van der Waals surface area contributed by atoms with Crippen LogP contribution < -0.4 is 5.32 Å². The SMILES string of the molecule is CNC(Cc1ccc(Cl)c(Cl)c1)c1sc(C)cc1C. The lowest BCUT2D eigenvalue weighted by molar-refractivity contribution is 0.599. The fourth-order valence-corrected chi connectivity index (χ4v) is 3.70. The minimum absolute atomic E-state index is 0.316. The van der Waals surface area contributed by atoms with Gasteiger partial charge in [-0.1, -0.05) is 29.3 Å². The highest BCUT2D eigenvalue weighted by molar-refractivity contribution is 7.12. The molecule has 2 aromatic rings. The van der Waals surface area contributed by atoms with Crippen LogP contribution in [-0.2, 0) is 6.42 Å². The monoisotopic (exact) mass is 313 g/mol. The fourth-order valence-electron chi connectivity index (χ4n) is 2.23. The second-order valence-electron chi connectivity index (χ2n) is 4.70. The number of rotatable bonds is 4. The molecule has 0 amide bonds. The zero-order chi connectivity index (χ0) is 14.0. The van der Waals surface area contributed by atoms with Gasteiger partial charge in [0.25, 0.3) is 0 Å². The van der Waals surface area contributed by atoms with Crippen LogP contribution in [0.5, 0.6) is 0 Å². The van der Waals surface area contributed by atoms with Crippen molar-refractivity contribution < 1.29 is 0 Å². The Kier molecular flexibility index (Phi) is 4.91. The molecule has 1 nitrogen and oxygen atoms in total. The van der Waals surface area contributed by atoms with Gasteiger partial charge in [0.2, 0.25) is 0 Å². The predicted octanol–water partition coefficient (Wildman–Crippen LogP) is 5.17. The van der Waals surface area contributed by atoms with Gasteiger partial charge in [-0.2, -0.15) is 0 Å². The number of aryl methyl sites for hydroxylation is 2. The van der Waals surface area contributed by atoms with E-state index in [9.17, 15) is 0 Å². The molecule has 0 aliphatic rings. The summed E-state index contributed by atoms with van der Waals surface area (Å²) in [5, 5.41) is 4.61. The average Bonchev–Trinajstić information content (AvgIpc) is 2.70. The number of thiophene rings is 1. The van der Waals surface area contributed by atoms with Gasteiger partial charge in [-0.3, -0.25) is 0 Å². The van der Waals surface area contributed by atoms with E-state index in [-0.39, 0.29) is 0 Å². The molecule has 0 aliphatic carbocycles. The van der Waals surface area contributed by atoms with Gasteiger partial charge >= 0.3 is 0 Å². The first-order valence-electron chi connectivity index (χ1n) is 6.19. The van der Waals surface area contributed by atoms with E-state index in [1.165, 1.54) is 20.9 Å². The molecule has 0 saturated carbocycles. The van der Waals surface area contributed by atoms with Gasteiger partial charge in [-0.05, 0) is 56.6 Å². The first-order chi connectivity index (χ1) is 9.01. The molecule has 1 aromatic carbocycles. The largest absolute Gasteiger partial charge is 0.312 e. The van der Waals surface area contributed by atoms with Crippen molar-refractivity contribution in [1.29, 1.82) is 0 Å². The zero-order valence-electron chi connectivity index (χ0n) is 11.3. The molecule has 2 rings (SSSR count). The minimum atomic E-state index is 0.316. The van der Waals surface area contributed by atoms with Crippen molar-refractivity contribution in [3.63, 3.8) is 0 Å². The molecule has 1 N–H and O–H groups in total. The van der Waals surface area contributed by atoms with Crippen LogP contribution in [0.1, 0.15) is 26.9 Å². The quantitative estimate of drug-likeness (QED) is 0.820. The Hall–Kier alpha value is -0.540. The second kappa shape index (κ2) is 6.27. The number of halogens is 2. The Morgan fingerprint density at radius 2 is 1.89 bits per heavy atom. The highest BCUT2D eigenvalue weighted by Crippen LogP contribution is 2.31. The van der Waals surface area contributed by atoms with Crippen LogP contribution in [0.3, 0.4) is 0 Å². The lowest BCUT2D eigenvalue weighted by atomic mass is 10.0. The van der Waals surface area contributed by atoms with Crippen molar-refractivity contribution in [3.8, 4) is 0 Å². The topological polar surface area (TPSA) is 12.0 Å². The molecule has 102 valence electrons. The van der Waals surface area contributed by atoms with Crippen LogP contribution in [0.15, 0.2) is 24.3 Å². The van der Waals surface area contributed by atoms with Crippen molar-refractivity contribution in [3.05, 3.63) is 55.2 Å². The van der Waals surface area contributed by atoms with E-state index in [0.29, 0.717) is 16.1 Å². The third kappa shape index (κ3) is 3.51. The van der Waals surface area contributed by atoms with E-state index < -0.39 is 0 Å². The molecule has 1 unspecified atom stereocenters. The summed E-state index contributed by atoms with van der Waals surface area (Å²) in [6, 6.07) is 8.40. The van der Waals surface area contributed by atoms with Gasteiger partial charge in [-0.15, -0.1) is 11.3 Å². The molecule has 1 aromatic heterocycles. The summed E-state index contributed by atoms with van der Waals surface area (Å²) in [7, 11) is 2.00. The Balaban J connectivity index is 2.23. The molecule has 0 bridgehead atoms. The van der Waals surface area contributed by atoms with E-state index in [0.717, 1.165) is 6.42 Å². The lowest BCUT2D eigenvalue weighted by Crippen LogP contribution is -2.18.